The molecule has 0 aromatic rings. The summed E-state index contributed by atoms with van der Waals surface area (Å²) in [7, 11) is 0. The number of nitrogens with two attached hydrogens (primary N) is 1. The monoisotopic (exact) mass is 143 g/mol. The summed E-state index contributed by atoms with van der Waals surface area (Å²) in [6.45, 7) is 3.53. The van der Waals surface area contributed by atoms with Gasteiger partial charge in [0, 0.05) is 11.8 Å². The molecule has 0 saturated heterocycles. The number of amides is 1. The third-order valence-electron chi connectivity index (χ3n) is 1.74. The van der Waals surface area contributed by atoms with Gasteiger partial charge < -0.3 is 10.5 Å². The van der Waals surface area contributed by atoms with Crippen LogP contribution < -0.4 is 5.73 Å². The average Bonchev–Trinajstić information content (AvgIpc) is 1.90. The summed E-state index contributed by atoms with van der Waals surface area (Å²) < 4.78 is 0. The Bertz CT molecular complexity index is 134. The van der Waals surface area contributed by atoms with E-state index in [1.54, 1.807) is 6.92 Å². The highest BCUT2D eigenvalue weighted by Gasteiger charge is 2.18. The van der Waals surface area contributed by atoms with Crippen LogP contribution in [-0.4, -0.2) is 12.2 Å². The molecule has 0 rings (SSSR count). The zero-order valence-corrected chi connectivity index (χ0v) is 6.33. The van der Waals surface area contributed by atoms with Crippen LogP contribution in [0.1, 0.15) is 20.3 Å². The van der Waals surface area contributed by atoms with E-state index in [2.05, 4.69) is 0 Å². The van der Waals surface area contributed by atoms with Gasteiger partial charge in [0.1, 0.15) is 6.29 Å². The minimum atomic E-state index is -0.404. The summed E-state index contributed by atoms with van der Waals surface area (Å²) in [5, 5.41) is 0. The maximum atomic E-state index is 10.5. The molecule has 0 aliphatic carbocycles. The van der Waals surface area contributed by atoms with Crippen molar-refractivity contribution in [2.75, 3.05) is 0 Å². The lowest BCUT2D eigenvalue weighted by Crippen LogP contribution is -2.27. The first-order valence-electron chi connectivity index (χ1n) is 3.38. The van der Waals surface area contributed by atoms with Crippen molar-refractivity contribution < 1.29 is 9.59 Å². The Morgan fingerprint density at radius 3 is 2.30 bits per heavy atom. The van der Waals surface area contributed by atoms with Crippen LogP contribution in [0.3, 0.4) is 0 Å². The largest absolute Gasteiger partial charge is 0.369 e. The smallest absolute Gasteiger partial charge is 0.220 e. The van der Waals surface area contributed by atoms with Crippen molar-refractivity contribution in [3.8, 4) is 0 Å². The first-order chi connectivity index (χ1) is 4.63. The van der Waals surface area contributed by atoms with Crippen LogP contribution in [0.15, 0.2) is 0 Å². The molecular weight excluding hydrogens is 130 g/mol. The Labute approximate surface area is 60.6 Å². The van der Waals surface area contributed by atoms with Crippen molar-refractivity contribution in [3.05, 3.63) is 0 Å². The summed E-state index contributed by atoms with van der Waals surface area (Å²) in [6, 6.07) is 0. The van der Waals surface area contributed by atoms with Gasteiger partial charge in [-0.2, -0.15) is 0 Å². The Morgan fingerprint density at radius 2 is 2.20 bits per heavy atom. The second-order valence-corrected chi connectivity index (χ2v) is 2.40. The first-order valence-corrected chi connectivity index (χ1v) is 3.38. The summed E-state index contributed by atoms with van der Waals surface area (Å²) in [6.07, 6.45) is 1.46. The zero-order chi connectivity index (χ0) is 8.15. The molecule has 0 aromatic carbocycles. The van der Waals surface area contributed by atoms with Gasteiger partial charge in [-0.25, -0.2) is 0 Å². The standard InChI is InChI=1S/C7H13NO2/c1-3-6(4-9)5(2)7(8)10/h4-6H,3H2,1-2H3,(H2,8,10). The van der Waals surface area contributed by atoms with Gasteiger partial charge in [0.15, 0.2) is 0 Å². The summed E-state index contributed by atoms with van der Waals surface area (Å²) in [5.74, 6) is -0.945. The number of carbonyl (C=O) groups is 2. The summed E-state index contributed by atoms with van der Waals surface area (Å²) >= 11 is 0. The summed E-state index contributed by atoms with van der Waals surface area (Å²) in [5.41, 5.74) is 4.99. The minimum absolute atomic E-state index is 0.211. The molecule has 0 saturated carbocycles. The second-order valence-electron chi connectivity index (χ2n) is 2.40. The van der Waals surface area contributed by atoms with Crippen LogP contribution >= 0.6 is 0 Å². The van der Waals surface area contributed by atoms with Crippen LogP contribution in [0.4, 0.5) is 0 Å². The van der Waals surface area contributed by atoms with Gasteiger partial charge in [-0.3, -0.25) is 4.79 Å². The van der Waals surface area contributed by atoms with Crippen LogP contribution in [0.25, 0.3) is 0 Å². The molecule has 0 fully saturated rings. The number of primary amides is 1. The van der Waals surface area contributed by atoms with Gasteiger partial charge in [-0.1, -0.05) is 13.8 Å². The molecule has 0 aliphatic rings. The normalized spacial score (nSPS) is 15.8. The molecule has 3 heteroatoms. The molecule has 10 heavy (non-hydrogen) atoms. The Hall–Kier alpha value is -0.860. The molecule has 2 atom stereocenters. The third kappa shape index (κ3) is 2.17. The van der Waals surface area contributed by atoms with Crippen LogP contribution in [0, 0.1) is 11.8 Å². The van der Waals surface area contributed by atoms with E-state index in [1.165, 1.54) is 0 Å². The lowest BCUT2D eigenvalue weighted by molar-refractivity contribution is -0.126. The lowest BCUT2D eigenvalue weighted by Gasteiger charge is -2.11. The molecule has 2 unspecified atom stereocenters. The highest BCUT2D eigenvalue weighted by molar-refractivity contribution is 5.79. The quantitative estimate of drug-likeness (QED) is 0.576. The first kappa shape index (κ1) is 9.14. The average molecular weight is 143 g/mol. The third-order valence-corrected chi connectivity index (χ3v) is 1.74. The van der Waals surface area contributed by atoms with E-state index in [0.29, 0.717) is 6.42 Å². The fraction of sp³-hybridized carbons (Fsp3) is 0.714. The van der Waals surface area contributed by atoms with E-state index in [1.807, 2.05) is 6.92 Å². The van der Waals surface area contributed by atoms with Crippen molar-refractivity contribution in [3.63, 3.8) is 0 Å². The summed E-state index contributed by atoms with van der Waals surface area (Å²) in [4.78, 5) is 20.8. The lowest BCUT2D eigenvalue weighted by atomic mass is 9.93. The fourth-order valence-corrected chi connectivity index (χ4v) is 0.779. The van der Waals surface area contributed by atoms with Crippen molar-refractivity contribution in [1.82, 2.24) is 0 Å². The van der Waals surface area contributed by atoms with Crippen molar-refractivity contribution >= 4 is 12.2 Å². The van der Waals surface area contributed by atoms with Gasteiger partial charge in [-0.15, -0.1) is 0 Å². The van der Waals surface area contributed by atoms with Crippen LogP contribution in [-0.2, 0) is 9.59 Å². The van der Waals surface area contributed by atoms with Gasteiger partial charge >= 0.3 is 0 Å². The van der Waals surface area contributed by atoms with E-state index in [4.69, 9.17) is 5.73 Å². The van der Waals surface area contributed by atoms with E-state index < -0.39 is 5.91 Å². The van der Waals surface area contributed by atoms with Crippen LogP contribution in [0.5, 0.6) is 0 Å². The van der Waals surface area contributed by atoms with Crippen LogP contribution in [0.2, 0.25) is 0 Å². The van der Waals surface area contributed by atoms with Crippen molar-refractivity contribution in [1.29, 1.82) is 0 Å². The molecule has 0 aromatic heterocycles. The Balaban J connectivity index is 4.00. The van der Waals surface area contributed by atoms with Gasteiger partial charge in [0.05, 0.1) is 0 Å². The van der Waals surface area contributed by atoms with E-state index in [0.717, 1.165) is 6.29 Å². The van der Waals surface area contributed by atoms with E-state index >= 15 is 0 Å². The Kier molecular flexibility index (Phi) is 3.69. The SMILES string of the molecule is CCC(C=O)C(C)C(N)=O. The Morgan fingerprint density at radius 1 is 1.70 bits per heavy atom. The number of hydrogen-bond donors (Lipinski definition) is 1. The molecule has 0 bridgehead atoms. The highest BCUT2D eigenvalue weighted by Crippen LogP contribution is 2.11. The van der Waals surface area contributed by atoms with Gasteiger partial charge in [0.25, 0.3) is 0 Å². The molecule has 0 radical (unpaired) electrons. The van der Waals surface area contributed by atoms with Gasteiger partial charge in [0.2, 0.25) is 5.91 Å². The molecule has 1 amide bonds. The highest BCUT2D eigenvalue weighted by atomic mass is 16.1. The van der Waals surface area contributed by atoms with E-state index in [9.17, 15) is 9.59 Å². The molecule has 58 valence electrons. The second kappa shape index (κ2) is 4.04. The molecule has 0 aliphatic heterocycles. The predicted molar refractivity (Wildman–Crippen MR) is 38.2 cm³/mol. The molecular formula is C7H13NO2. The fourth-order valence-electron chi connectivity index (χ4n) is 0.779. The number of hydrogen-bond acceptors (Lipinski definition) is 2. The van der Waals surface area contributed by atoms with Crippen molar-refractivity contribution in [2.24, 2.45) is 17.6 Å². The minimum Gasteiger partial charge on any atom is -0.369 e. The maximum Gasteiger partial charge on any atom is 0.220 e. The molecule has 0 spiro atoms. The molecule has 2 N–H and O–H groups in total. The number of rotatable bonds is 4. The van der Waals surface area contributed by atoms with E-state index in [-0.39, 0.29) is 11.8 Å². The predicted octanol–water partition coefficient (Wildman–Crippen LogP) is 0.333. The van der Waals surface area contributed by atoms with Gasteiger partial charge in [-0.05, 0) is 6.42 Å². The zero-order valence-electron chi connectivity index (χ0n) is 6.33. The maximum absolute atomic E-state index is 10.5. The molecule has 3 nitrogen and oxygen atoms in total. The number of carbonyl (C=O) groups excluding carboxylic acids is 2. The topological polar surface area (TPSA) is 60.2 Å². The molecule has 0 heterocycles. The number of aldehydes is 1. The van der Waals surface area contributed by atoms with Crippen molar-refractivity contribution in [2.45, 2.75) is 20.3 Å².